The first-order chi connectivity index (χ1) is 15.8. The Bertz CT molecular complexity index is 1230. The molecule has 1 amide bonds. The van der Waals surface area contributed by atoms with Crippen LogP contribution in [-0.2, 0) is 4.79 Å². The number of carbonyl (C=O) groups is 1. The first-order valence-electron chi connectivity index (χ1n) is 10.9. The fraction of sp³-hybridized carbons (Fsp3) is 0.192. The van der Waals surface area contributed by atoms with Gasteiger partial charge in [0.2, 0.25) is 0 Å². The summed E-state index contributed by atoms with van der Waals surface area (Å²) in [6.45, 7) is 2.01. The lowest BCUT2D eigenvalue weighted by Gasteiger charge is -2.15. The highest BCUT2D eigenvalue weighted by molar-refractivity contribution is 5.93. The minimum atomic E-state index is -0.217. The molecule has 160 valence electrons. The van der Waals surface area contributed by atoms with Crippen molar-refractivity contribution < 1.29 is 9.53 Å². The normalized spacial score (nSPS) is 13.3. The smallest absolute Gasteiger partial charge is 0.262 e. The van der Waals surface area contributed by atoms with Crippen molar-refractivity contribution in [3.63, 3.8) is 0 Å². The van der Waals surface area contributed by atoms with E-state index < -0.39 is 0 Å². The molecule has 0 aliphatic carbocycles. The molecule has 0 unspecified atom stereocenters. The second-order valence-electron chi connectivity index (χ2n) is 7.87. The zero-order chi connectivity index (χ0) is 21.8. The molecule has 6 heteroatoms. The topological polar surface area (TPSA) is 67.3 Å². The van der Waals surface area contributed by atoms with Crippen molar-refractivity contribution in [3.05, 3.63) is 78.9 Å². The van der Waals surface area contributed by atoms with Gasteiger partial charge in [-0.3, -0.25) is 4.79 Å². The van der Waals surface area contributed by atoms with Gasteiger partial charge < -0.3 is 15.0 Å². The van der Waals surface area contributed by atoms with Crippen molar-refractivity contribution in [2.75, 3.05) is 29.9 Å². The monoisotopic (exact) mass is 424 g/mol. The van der Waals surface area contributed by atoms with Crippen molar-refractivity contribution in [1.82, 2.24) is 10.2 Å². The number of hydrogen-bond acceptors (Lipinski definition) is 5. The number of amides is 1. The summed E-state index contributed by atoms with van der Waals surface area (Å²) in [5.41, 5.74) is 2.37. The lowest BCUT2D eigenvalue weighted by molar-refractivity contribution is -0.118. The number of anilines is 2. The number of aromatic nitrogens is 2. The summed E-state index contributed by atoms with van der Waals surface area (Å²) >= 11 is 0. The first kappa shape index (κ1) is 20.0. The second-order valence-corrected chi connectivity index (χ2v) is 7.87. The highest BCUT2D eigenvalue weighted by atomic mass is 16.5. The number of nitrogens with one attached hydrogen (secondary N) is 1. The van der Waals surface area contributed by atoms with E-state index in [1.54, 1.807) is 0 Å². The van der Waals surface area contributed by atoms with E-state index in [9.17, 15) is 4.79 Å². The standard InChI is InChI=1S/C26H24N4O2/c31-26(18-32-24-12-6-8-19-7-1-2-11-22(19)24)27-21-10-5-9-20(17-21)23-13-14-25(29-28-23)30-15-3-4-16-30/h1-2,5-14,17H,3-4,15-16,18H2,(H,27,31). The van der Waals surface area contributed by atoms with Gasteiger partial charge in [-0.2, -0.15) is 0 Å². The van der Waals surface area contributed by atoms with Gasteiger partial charge in [0.1, 0.15) is 5.75 Å². The molecule has 0 bridgehead atoms. The number of rotatable bonds is 6. The molecule has 1 N–H and O–H groups in total. The summed E-state index contributed by atoms with van der Waals surface area (Å²) in [6, 6.07) is 25.4. The Labute approximate surface area is 186 Å². The van der Waals surface area contributed by atoms with E-state index in [4.69, 9.17) is 4.74 Å². The SMILES string of the molecule is O=C(COc1cccc2ccccc12)Nc1cccc(-c2ccc(N3CCCC3)nn2)c1. The molecule has 5 rings (SSSR count). The Hall–Kier alpha value is -3.93. The number of ether oxygens (including phenoxy) is 1. The summed E-state index contributed by atoms with van der Waals surface area (Å²) < 4.78 is 5.79. The van der Waals surface area contributed by atoms with Crippen LogP contribution >= 0.6 is 0 Å². The lowest BCUT2D eigenvalue weighted by Crippen LogP contribution is -2.20. The van der Waals surface area contributed by atoms with Crippen LogP contribution in [0.2, 0.25) is 0 Å². The van der Waals surface area contributed by atoms with Gasteiger partial charge in [-0.25, -0.2) is 0 Å². The highest BCUT2D eigenvalue weighted by Gasteiger charge is 2.14. The van der Waals surface area contributed by atoms with E-state index in [0.717, 1.165) is 40.9 Å². The molecule has 1 aromatic heterocycles. The average molecular weight is 425 g/mol. The van der Waals surface area contributed by atoms with Crippen LogP contribution in [0.3, 0.4) is 0 Å². The molecule has 6 nitrogen and oxygen atoms in total. The van der Waals surface area contributed by atoms with E-state index >= 15 is 0 Å². The number of nitrogens with zero attached hydrogens (tertiary/aromatic N) is 3. The van der Waals surface area contributed by atoms with E-state index in [-0.39, 0.29) is 12.5 Å². The molecule has 1 fully saturated rings. The fourth-order valence-corrected chi connectivity index (χ4v) is 4.01. The number of carbonyl (C=O) groups excluding carboxylic acids is 1. The molecular formula is C26H24N4O2. The minimum Gasteiger partial charge on any atom is -0.483 e. The van der Waals surface area contributed by atoms with Crippen molar-refractivity contribution in [2.24, 2.45) is 0 Å². The van der Waals surface area contributed by atoms with Crippen LogP contribution in [0.4, 0.5) is 11.5 Å². The van der Waals surface area contributed by atoms with Crippen LogP contribution in [0.15, 0.2) is 78.9 Å². The van der Waals surface area contributed by atoms with E-state index in [0.29, 0.717) is 11.4 Å². The van der Waals surface area contributed by atoms with Crippen LogP contribution in [0.1, 0.15) is 12.8 Å². The fourth-order valence-electron chi connectivity index (χ4n) is 4.01. The van der Waals surface area contributed by atoms with Crippen molar-refractivity contribution >= 4 is 28.2 Å². The van der Waals surface area contributed by atoms with Gasteiger partial charge in [-0.15, -0.1) is 10.2 Å². The predicted octanol–water partition coefficient (Wildman–Crippen LogP) is 4.91. The predicted molar refractivity (Wildman–Crippen MR) is 127 cm³/mol. The van der Waals surface area contributed by atoms with Crippen LogP contribution in [0.25, 0.3) is 22.0 Å². The number of fused-ring (bicyclic) bond motifs is 1. The van der Waals surface area contributed by atoms with E-state index in [1.807, 2.05) is 78.9 Å². The summed E-state index contributed by atoms with van der Waals surface area (Å²) in [5.74, 6) is 1.40. The molecule has 0 saturated carbocycles. The summed E-state index contributed by atoms with van der Waals surface area (Å²) in [6.07, 6.45) is 2.41. The molecule has 0 radical (unpaired) electrons. The van der Waals surface area contributed by atoms with Crippen LogP contribution < -0.4 is 15.0 Å². The Kier molecular flexibility index (Phi) is 5.66. The number of hydrogen-bond donors (Lipinski definition) is 1. The summed E-state index contributed by atoms with van der Waals surface area (Å²) in [7, 11) is 0. The third-order valence-corrected chi connectivity index (χ3v) is 5.63. The first-order valence-corrected chi connectivity index (χ1v) is 10.9. The third-order valence-electron chi connectivity index (χ3n) is 5.63. The Morgan fingerprint density at radius 1 is 0.906 bits per heavy atom. The van der Waals surface area contributed by atoms with Gasteiger partial charge in [-0.05, 0) is 48.6 Å². The van der Waals surface area contributed by atoms with Crippen LogP contribution in [0.5, 0.6) is 5.75 Å². The minimum absolute atomic E-state index is 0.0669. The van der Waals surface area contributed by atoms with E-state index in [1.165, 1.54) is 12.8 Å². The maximum absolute atomic E-state index is 12.5. The highest BCUT2D eigenvalue weighted by Crippen LogP contribution is 2.26. The average Bonchev–Trinajstić information content (AvgIpc) is 3.38. The van der Waals surface area contributed by atoms with Gasteiger partial charge in [0, 0.05) is 29.7 Å². The van der Waals surface area contributed by atoms with Crippen molar-refractivity contribution in [1.29, 1.82) is 0 Å². The molecule has 1 aliphatic rings. The second kappa shape index (κ2) is 9.06. The quantitative estimate of drug-likeness (QED) is 0.476. The summed E-state index contributed by atoms with van der Waals surface area (Å²) in [4.78, 5) is 14.7. The van der Waals surface area contributed by atoms with Gasteiger partial charge in [0.25, 0.3) is 5.91 Å². The Morgan fingerprint density at radius 3 is 2.56 bits per heavy atom. The molecule has 3 aromatic carbocycles. The largest absolute Gasteiger partial charge is 0.483 e. The maximum atomic E-state index is 12.5. The van der Waals surface area contributed by atoms with Gasteiger partial charge in [0.05, 0.1) is 5.69 Å². The molecule has 1 aliphatic heterocycles. The van der Waals surface area contributed by atoms with Crippen LogP contribution in [0, 0.1) is 0 Å². The van der Waals surface area contributed by atoms with Crippen LogP contribution in [-0.4, -0.2) is 35.8 Å². The van der Waals surface area contributed by atoms with Gasteiger partial charge in [0.15, 0.2) is 12.4 Å². The zero-order valence-corrected chi connectivity index (χ0v) is 17.7. The zero-order valence-electron chi connectivity index (χ0n) is 17.7. The Morgan fingerprint density at radius 2 is 1.72 bits per heavy atom. The van der Waals surface area contributed by atoms with Crippen molar-refractivity contribution in [3.8, 4) is 17.0 Å². The molecule has 1 saturated heterocycles. The molecule has 0 spiro atoms. The molecular weight excluding hydrogens is 400 g/mol. The van der Waals surface area contributed by atoms with E-state index in [2.05, 4.69) is 20.4 Å². The number of benzene rings is 3. The molecule has 2 heterocycles. The summed E-state index contributed by atoms with van der Waals surface area (Å²) in [5, 5.41) is 13.7. The Balaban J connectivity index is 1.24. The third kappa shape index (κ3) is 4.39. The molecule has 0 atom stereocenters. The van der Waals surface area contributed by atoms with Gasteiger partial charge in [-0.1, -0.05) is 48.5 Å². The lowest BCUT2D eigenvalue weighted by atomic mass is 10.1. The van der Waals surface area contributed by atoms with Gasteiger partial charge >= 0.3 is 0 Å². The maximum Gasteiger partial charge on any atom is 0.262 e. The van der Waals surface area contributed by atoms with Crippen molar-refractivity contribution in [2.45, 2.75) is 12.8 Å². The molecule has 32 heavy (non-hydrogen) atoms. The molecule has 4 aromatic rings.